The van der Waals surface area contributed by atoms with Crippen molar-refractivity contribution in [2.75, 3.05) is 36.2 Å². The highest BCUT2D eigenvalue weighted by Gasteiger charge is 2.18. The fraction of sp³-hybridized carbons (Fsp3) is 0.333. The summed E-state index contributed by atoms with van der Waals surface area (Å²) < 4.78 is 28.3. The molecule has 30 heavy (non-hydrogen) atoms. The highest BCUT2D eigenvalue weighted by atomic mass is 35.5. The lowest BCUT2D eigenvalue weighted by Gasteiger charge is -2.28. The molecular formula is C21H23ClN2O5S. The molecule has 0 saturated carbocycles. The number of esters is 1. The van der Waals surface area contributed by atoms with Gasteiger partial charge in [-0.3, -0.25) is 4.79 Å². The van der Waals surface area contributed by atoms with Crippen LogP contribution in [0.3, 0.4) is 0 Å². The Kier molecular flexibility index (Phi) is 6.99. The van der Waals surface area contributed by atoms with Crippen molar-refractivity contribution in [1.82, 2.24) is 0 Å². The van der Waals surface area contributed by atoms with Gasteiger partial charge in [0.25, 0.3) is 5.91 Å². The third-order valence-electron chi connectivity index (χ3n) is 4.79. The largest absolute Gasteiger partial charge is 0.452 e. The predicted molar refractivity (Wildman–Crippen MR) is 116 cm³/mol. The molecule has 9 heteroatoms. The maximum Gasteiger partial charge on any atom is 0.340 e. The molecule has 0 radical (unpaired) electrons. The van der Waals surface area contributed by atoms with E-state index in [1.165, 1.54) is 31.4 Å². The van der Waals surface area contributed by atoms with Crippen LogP contribution in [0.2, 0.25) is 5.02 Å². The molecule has 7 nitrogen and oxygen atoms in total. The second-order valence-corrected chi connectivity index (χ2v) is 9.56. The zero-order chi connectivity index (χ0) is 21.7. The number of benzene rings is 2. The molecule has 2 aromatic carbocycles. The number of piperidine rings is 1. The van der Waals surface area contributed by atoms with Gasteiger partial charge in [0.2, 0.25) is 0 Å². The van der Waals surface area contributed by atoms with Gasteiger partial charge < -0.3 is 15.0 Å². The number of nitrogens with one attached hydrogen (secondary N) is 1. The van der Waals surface area contributed by atoms with Crippen LogP contribution in [-0.4, -0.2) is 46.2 Å². The van der Waals surface area contributed by atoms with Crippen molar-refractivity contribution in [3.8, 4) is 0 Å². The number of hydrogen-bond donors (Lipinski definition) is 1. The molecule has 0 atom stereocenters. The van der Waals surface area contributed by atoms with Crippen molar-refractivity contribution in [1.29, 1.82) is 0 Å². The van der Waals surface area contributed by atoms with Crippen LogP contribution in [0.5, 0.6) is 0 Å². The highest BCUT2D eigenvalue weighted by molar-refractivity contribution is 7.90. The summed E-state index contributed by atoms with van der Waals surface area (Å²) >= 11 is 5.96. The number of hydrogen-bond acceptors (Lipinski definition) is 6. The molecule has 1 fully saturated rings. The first-order valence-electron chi connectivity index (χ1n) is 9.55. The van der Waals surface area contributed by atoms with Crippen molar-refractivity contribution < 1.29 is 22.7 Å². The zero-order valence-electron chi connectivity index (χ0n) is 16.6. The predicted octanol–water partition coefficient (Wildman–Crippen LogP) is 3.53. The number of sulfone groups is 1. The average molecular weight is 451 g/mol. The molecule has 0 unspecified atom stereocenters. The lowest BCUT2D eigenvalue weighted by atomic mass is 10.1. The highest BCUT2D eigenvalue weighted by Crippen LogP contribution is 2.23. The van der Waals surface area contributed by atoms with Gasteiger partial charge in [-0.2, -0.15) is 0 Å². The SMILES string of the molecule is CS(=O)(=O)c1ccc(Cl)c(C(=O)OCC(=O)Nc2ccc(N3CCCCC3)cc2)c1. The minimum absolute atomic E-state index is 0.0427. The molecule has 1 saturated heterocycles. The van der Waals surface area contributed by atoms with E-state index in [-0.39, 0.29) is 15.5 Å². The number of amides is 1. The Balaban J connectivity index is 1.56. The summed E-state index contributed by atoms with van der Waals surface area (Å²) in [5, 5.41) is 2.71. The van der Waals surface area contributed by atoms with Crippen LogP contribution in [0.15, 0.2) is 47.4 Å². The molecule has 0 spiro atoms. The number of anilines is 2. The molecule has 1 N–H and O–H groups in total. The summed E-state index contributed by atoms with van der Waals surface area (Å²) in [7, 11) is -3.51. The Morgan fingerprint density at radius 1 is 1.07 bits per heavy atom. The lowest BCUT2D eigenvalue weighted by molar-refractivity contribution is -0.119. The molecule has 2 aromatic rings. The molecule has 160 valence electrons. The maximum absolute atomic E-state index is 12.2. The van der Waals surface area contributed by atoms with Gasteiger partial charge in [0.05, 0.1) is 15.5 Å². The van der Waals surface area contributed by atoms with E-state index in [4.69, 9.17) is 16.3 Å². The normalized spacial score (nSPS) is 14.3. The van der Waals surface area contributed by atoms with Crippen molar-refractivity contribution in [3.05, 3.63) is 53.1 Å². The van der Waals surface area contributed by atoms with Gasteiger partial charge in [-0.05, 0) is 61.7 Å². The summed E-state index contributed by atoms with van der Waals surface area (Å²) in [6.45, 7) is 1.54. The standard InChI is InChI=1S/C21H23ClN2O5S/c1-30(27,28)17-9-10-19(22)18(13-17)21(26)29-14-20(25)23-15-5-7-16(8-6-15)24-11-3-2-4-12-24/h5-10,13H,2-4,11-12,14H2,1H3,(H,23,25). The quantitative estimate of drug-likeness (QED) is 0.677. The monoisotopic (exact) mass is 450 g/mol. The van der Waals surface area contributed by atoms with Gasteiger partial charge >= 0.3 is 5.97 Å². The first-order chi connectivity index (χ1) is 14.2. The Morgan fingerprint density at radius 2 is 1.73 bits per heavy atom. The fourth-order valence-corrected chi connectivity index (χ4v) is 4.05. The van der Waals surface area contributed by atoms with Crippen LogP contribution in [0, 0.1) is 0 Å². The van der Waals surface area contributed by atoms with E-state index < -0.39 is 28.3 Å². The van der Waals surface area contributed by atoms with Gasteiger partial charge in [-0.15, -0.1) is 0 Å². The molecule has 1 heterocycles. The molecule has 0 aromatic heterocycles. The van der Waals surface area contributed by atoms with E-state index >= 15 is 0 Å². The van der Waals surface area contributed by atoms with E-state index in [1.54, 1.807) is 12.1 Å². The number of nitrogens with zero attached hydrogens (tertiary/aromatic N) is 1. The number of halogens is 1. The van der Waals surface area contributed by atoms with Crippen molar-refractivity contribution in [3.63, 3.8) is 0 Å². The third-order valence-corrected chi connectivity index (χ3v) is 6.23. The summed E-state index contributed by atoms with van der Waals surface area (Å²) in [6, 6.07) is 11.2. The van der Waals surface area contributed by atoms with E-state index in [9.17, 15) is 18.0 Å². The molecule has 0 bridgehead atoms. The summed E-state index contributed by atoms with van der Waals surface area (Å²) in [4.78, 5) is 26.6. The topological polar surface area (TPSA) is 92.8 Å². The smallest absolute Gasteiger partial charge is 0.340 e. The minimum atomic E-state index is -3.51. The van der Waals surface area contributed by atoms with Gasteiger partial charge in [0.15, 0.2) is 16.4 Å². The fourth-order valence-electron chi connectivity index (χ4n) is 3.21. The molecule has 3 rings (SSSR count). The van der Waals surface area contributed by atoms with Crippen molar-refractivity contribution >= 4 is 44.7 Å². The van der Waals surface area contributed by atoms with Crippen molar-refractivity contribution in [2.24, 2.45) is 0 Å². The van der Waals surface area contributed by atoms with Crippen LogP contribution in [0.1, 0.15) is 29.6 Å². The van der Waals surface area contributed by atoms with E-state index in [2.05, 4.69) is 10.2 Å². The summed E-state index contributed by atoms with van der Waals surface area (Å²) in [5.74, 6) is -1.38. The summed E-state index contributed by atoms with van der Waals surface area (Å²) in [6.07, 6.45) is 4.64. The summed E-state index contributed by atoms with van der Waals surface area (Å²) in [5.41, 5.74) is 1.59. The zero-order valence-corrected chi connectivity index (χ0v) is 18.1. The molecule has 1 aliphatic heterocycles. The van der Waals surface area contributed by atoms with E-state index in [1.807, 2.05) is 12.1 Å². The first kappa shape index (κ1) is 22.1. The van der Waals surface area contributed by atoms with E-state index in [0.717, 1.165) is 31.1 Å². The van der Waals surface area contributed by atoms with Crippen LogP contribution >= 0.6 is 11.6 Å². The van der Waals surface area contributed by atoms with Crippen LogP contribution in [0.4, 0.5) is 11.4 Å². The number of carbonyl (C=O) groups is 2. The van der Waals surface area contributed by atoms with E-state index in [0.29, 0.717) is 5.69 Å². The van der Waals surface area contributed by atoms with Crippen LogP contribution < -0.4 is 10.2 Å². The Labute approximate surface area is 180 Å². The van der Waals surface area contributed by atoms with Crippen LogP contribution in [-0.2, 0) is 19.4 Å². The molecule has 1 aliphatic rings. The second kappa shape index (κ2) is 9.49. The number of carbonyl (C=O) groups excluding carboxylic acids is 2. The molecule has 1 amide bonds. The second-order valence-electron chi connectivity index (χ2n) is 7.13. The van der Waals surface area contributed by atoms with Gasteiger partial charge in [-0.25, -0.2) is 13.2 Å². The van der Waals surface area contributed by atoms with Gasteiger partial charge in [0, 0.05) is 30.7 Å². The number of rotatable bonds is 6. The van der Waals surface area contributed by atoms with Crippen molar-refractivity contribution in [2.45, 2.75) is 24.2 Å². The molecular weight excluding hydrogens is 428 g/mol. The first-order valence-corrected chi connectivity index (χ1v) is 11.8. The lowest BCUT2D eigenvalue weighted by Crippen LogP contribution is -2.29. The minimum Gasteiger partial charge on any atom is -0.452 e. The number of ether oxygens (including phenoxy) is 1. The van der Waals surface area contributed by atoms with Gasteiger partial charge in [-0.1, -0.05) is 11.6 Å². The Morgan fingerprint density at radius 3 is 2.37 bits per heavy atom. The Hall–Kier alpha value is -2.58. The maximum atomic E-state index is 12.2. The van der Waals surface area contributed by atoms with Crippen LogP contribution in [0.25, 0.3) is 0 Å². The third kappa shape index (κ3) is 5.73. The Bertz CT molecular complexity index is 1030. The molecule has 0 aliphatic carbocycles. The van der Waals surface area contributed by atoms with Gasteiger partial charge in [0.1, 0.15) is 0 Å². The average Bonchev–Trinajstić information content (AvgIpc) is 2.72.